The molecule has 0 unspecified atom stereocenters. The molecule has 0 fully saturated rings. The van der Waals surface area contributed by atoms with E-state index in [0.717, 1.165) is 16.7 Å². The van der Waals surface area contributed by atoms with Crippen molar-refractivity contribution in [3.63, 3.8) is 0 Å². The van der Waals surface area contributed by atoms with Crippen LogP contribution in [0.4, 0.5) is 0 Å². The van der Waals surface area contributed by atoms with Crippen molar-refractivity contribution in [2.45, 2.75) is 6.92 Å². The van der Waals surface area contributed by atoms with Gasteiger partial charge in [-0.3, -0.25) is 4.79 Å². The van der Waals surface area contributed by atoms with Crippen molar-refractivity contribution in [3.05, 3.63) is 83.4 Å². The lowest BCUT2D eigenvalue weighted by molar-refractivity contribution is 0.0697. The number of hydrogen-bond acceptors (Lipinski definition) is 2. The zero-order valence-corrected chi connectivity index (χ0v) is 13.7. The Kier molecular flexibility index (Phi) is 4.35. The third kappa shape index (κ3) is 3.58. The van der Waals surface area contributed by atoms with Gasteiger partial charge in [0.15, 0.2) is 0 Å². The Morgan fingerprint density at radius 2 is 1.36 bits per heavy atom. The van der Waals surface area contributed by atoms with Crippen LogP contribution in [0.25, 0.3) is 22.3 Å². The summed E-state index contributed by atoms with van der Waals surface area (Å²) in [6.07, 6.45) is 0. The number of amides is 1. The van der Waals surface area contributed by atoms with E-state index in [1.807, 2.05) is 55.5 Å². The molecule has 124 valence electrons. The van der Waals surface area contributed by atoms with Crippen LogP contribution in [0.5, 0.6) is 0 Å². The molecule has 0 saturated heterocycles. The fraction of sp³-hybridized carbons (Fsp3) is 0.0476. The van der Waals surface area contributed by atoms with Gasteiger partial charge in [0.25, 0.3) is 0 Å². The number of primary amides is 1. The second kappa shape index (κ2) is 6.61. The number of nitrogens with two attached hydrogens (primary N) is 1. The smallest absolute Gasteiger partial charge is 0.335 e. The van der Waals surface area contributed by atoms with Crippen molar-refractivity contribution >= 4 is 11.9 Å². The van der Waals surface area contributed by atoms with E-state index >= 15 is 0 Å². The maximum Gasteiger partial charge on any atom is 0.335 e. The van der Waals surface area contributed by atoms with Gasteiger partial charge in [-0.1, -0.05) is 48.0 Å². The Bertz CT molecular complexity index is 927. The van der Waals surface area contributed by atoms with Gasteiger partial charge in [0.2, 0.25) is 5.91 Å². The lowest BCUT2D eigenvalue weighted by atomic mass is 9.96. The summed E-state index contributed by atoms with van der Waals surface area (Å²) in [5.41, 5.74) is 10.3. The summed E-state index contributed by atoms with van der Waals surface area (Å²) >= 11 is 0. The van der Waals surface area contributed by atoms with Gasteiger partial charge in [-0.25, -0.2) is 4.79 Å². The van der Waals surface area contributed by atoms with Crippen LogP contribution in [0.15, 0.2) is 66.7 Å². The lowest BCUT2D eigenvalue weighted by Crippen LogP contribution is -2.12. The first-order valence-electron chi connectivity index (χ1n) is 7.80. The topological polar surface area (TPSA) is 80.4 Å². The van der Waals surface area contributed by atoms with Gasteiger partial charge >= 0.3 is 5.97 Å². The third-order valence-corrected chi connectivity index (χ3v) is 4.05. The average molecular weight is 331 g/mol. The van der Waals surface area contributed by atoms with Crippen molar-refractivity contribution in [3.8, 4) is 22.3 Å². The fourth-order valence-corrected chi connectivity index (χ4v) is 2.68. The molecule has 0 aliphatic heterocycles. The molecule has 0 atom stereocenters. The quantitative estimate of drug-likeness (QED) is 0.754. The van der Waals surface area contributed by atoms with Gasteiger partial charge < -0.3 is 10.8 Å². The van der Waals surface area contributed by atoms with Crippen molar-refractivity contribution in [2.24, 2.45) is 5.73 Å². The van der Waals surface area contributed by atoms with Crippen LogP contribution < -0.4 is 5.73 Å². The zero-order valence-electron chi connectivity index (χ0n) is 13.7. The highest BCUT2D eigenvalue weighted by Gasteiger charge is 2.12. The van der Waals surface area contributed by atoms with Crippen LogP contribution in [-0.4, -0.2) is 17.0 Å². The molecule has 3 aromatic carbocycles. The summed E-state index contributed by atoms with van der Waals surface area (Å²) in [6, 6.07) is 20.3. The minimum Gasteiger partial charge on any atom is -0.478 e. The first-order chi connectivity index (χ1) is 11.9. The van der Waals surface area contributed by atoms with E-state index in [9.17, 15) is 14.7 Å². The number of carbonyl (C=O) groups is 2. The van der Waals surface area contributed by atoms with Gasteiger partial charge in [-0.05, 0) is 53.4 Å². The molecular formula is C21H17NO3. The van der Waals surface area contributed by atoms with Crippen molar-refractivity contribution in [2.75, 3.05) is 0 Å². The van der Waals surface area contributed by atoms with Crippen LogP contribution in [0.2, 0.25) is 0 Å². The highest BCUT2D eigenvalue weighted by atomic mass is 16.4. The molecule has 25 heavy (non-hydrogen) atoms. The van der Waals surface area contributed by atoms with E-state index in [1.54, 1.807) is 12.1 Å². The maximum atomic E-state index is 11.5. The molecule has 3 rings (SSSR count). The molecule has 0 aromatic heterocycles. The molecule has 0 heterocycles. The van der Waals surface area contributed by atoms with E-state index < -0.39 is 11.9 Å². The van der Waals surface area contributed by atoms with E-state index in [1.165, 1.54) is 11.6 Å². The second-order valence-corrected chi connectivity index (χ2v) is 5.92. The van der Waals surface area contributed by atoms with Crippen molar-refractivity contribution in [1.29, 1.82) is 0 Å². The highest BCUT2D eigenvalue weighted by Crippen LogP contribution is 2.28. The monoisotopic (exact) mass is 331 g/mol. The zero-order chi connectivity index (χ0) is 18.0. The largest absolute Gasteiger partial charge is 0.478 e. The second-order valence-electron chi connectivity index (χ2n) is 5.92. The summed E-state index contributed by atoms with van der Waals surface area (Å²) < 4.78 is 0. The van der Waals surface area contributed by atoms with Crippen molar-refractivity contribution < 1.29 is 14.7 Å². The van der Waals surface area contributed by atoms with Gasteiger partial charge in [0.1, 0.15) is 0 Å². The Morgan fingerprint density at radius 1 is 0.760 bits per heavy atom. The van der Waals surface area contributed by atoms with E-state index in [2.05, 4.69) is 0 Å². The number of carboxylic acids is 1. The van der Waals surface area contributed by atoms with Gasteiger partial charge in [-0.15, -0.1) is 0 Å². The molecule has 0 radical (unpaired) electrons. The highest BCUT2D eigenvalue weighted by molar-refractivity contribution is 5.98. The summed E-state index contributed by atoms with van der Waals surface area (Å²) in [5, 5.41) is 9.27. The first-order valence-corrected chi connectivity index (χ1v) is 7.80. The number of hydrogen-bond donors (Lipinski definition) is 2. The maximum absolute atomic E-state index is 11.5. The third-order valence-electron chi connectivity index (χ3n) is 4.05. The predicted molar refractivity (Wildman–Crippen MR) is 97.5 cm³/mol. The van der Waals surface area contributed by atoms with Gasteiger partial charge in [0.05, 0.1) is 5.56 Å². The lowest BCUT2D eigenvalue weighted by Gasteiger charge is -2.09. The van der Waals surface area contributed by atoms with Crippen LogP contribution >= 0.6 is 0 Å². The Morgan fingerprint density at radius 3 is 1.96 bits per heavy atom. The van der Waals surface area contributed by atoms with Crippen LogP contribution in [0.3, 0.4) is 0 Å². The number of carboxylic acid groups (broad SMARTS) is 1. The SMILES string of the molecule is Cc1ccc(-c2cccc(-c3cc(C(N)=O)cc(C(=O)O)c3)c2)cc1. The summed E-state index contributed by atoms with van der Waals surface area (Å²) in [5.74, 6) is -1.75. The number of aryl methyl sites for hydroxylation is 1. The molecule has 0 aliphatic carbocycles. The first kappa shape index (κ1) is 16.5. The number of carbonyl (C=O) groups excluding carboxylic acids is 1. The minimum atomic E-state index is -1.10. The van der Waals surface area contributed by atoms with Crippen LogP contribution in [0, 0.1) is 6.92 Å². The molecule has 0 aliphatic rings. The minimum absolute atomic E-state index is 0.0343. The van der Waals surface area contributed by atoms with E-state index in [-0.39, 0.29) is 11.1 Å². The summed E-state index contributed by atoms with van der Waals surface area (Å²) in [6.45, 7) is 2.03. The summed E-state index contributed by atoms with van der Waals surface area (Å²) in [7, 11) is 0. The Hall–Kier alpha value is -3.40. The summed E-state index contributed by atoms with van der Waals surface area (Å²) in [4.78, 5) is 22.8. The normalized spacial score (nSPS) is 10.4. The Labute approximate surface area is 145 Å². The molecule has 0 bridgehead atoms. The molecule has 3 N–H and O–H groups in total. The molecule has 4 heteroatoms. The van der Waals surface area contributed by atoms with Gasteiger partial charge in [0, 0.05) is 5.56 Å². The standard InChI is InChI=1S/C21H17NO3/c1-13-5-7-14(8-6-13)15-3-2-4-16(9-15)17-10-18(20(22)23)12-19(11-17)21(24)25/h2-12H,1H3,(H2,22,23)(H,24,25). The van der Waals surface area contributed by atoms with Gasteiger partial charge in [-0.2, -0.15) is 0 Å². The number of benzene rings is 3. The molecule has 3 aromatic rings. The number of rotatable bonds is 4. The van der Waals surface area contributed by atoms with Crippen molar-refractivity contribution in [1.82, 2.24) is 0 Å². The van der Waals surface area contributed by atoms with E-state index in [4.69, 9.17) is 5.73 Å². The van der Waals surface area contributed by atoms with Crippen LogP contribution in [0.1, 0.15) is 26.3 Å². The Balaban J connectivity index is 2.10. The molecule has 4 nitrogen and oxygen atoms in total. The van der Waals surface area contributed by atoms with Crippen LogP contribution in [-0.2, 0) is 0 Å². The predicted octanol–water partition coefficient (Wildman–Crippen LogP) is 4.13. The molecular weight excluding hydrogens is 314 g/mol. The number of aromatic carboxylic acids is 1. The average Bonchev–Trinajstić information content (AvgIpc) is 2.62. The molecule has 0 saturated carbocycles. The molecule has 0 spiro atoms. The fourth-order valence-electron chi connectivity index (χ4n) is 2.68. The van der Waals surface area contributed by atoms with E-state index in [0.29, 0.717) is 5.56 Å². The molecule has 1 amide bonds.